The van der Waals surface area contributed by atoms with E-state index in [0.717, 1.165) is 14.9 Å². The average Bonchev–Trinajstić information content (AvgIpc) is 2.90. The largest absolute Gasteiger partial charge is 0.384 e. The summed E-state index contributed by atoms with van der Waals surface area (Å²) in [6, 6.07) is 9.36. The van der Waals surface area contributed by atoms with Crippen molar-refractivity contribution in [1.82, 2.24) is 5.32 Å². The Bertz CT molecular complexity index is 670. The molecule has 5 heteroatoms. The van der Waals surface area contributed by atoms with Crippen LogP contribution >= 0.6 is 27.3 Å². The number of aliphatic hydroxyl groups excluding tert-OH is 1. The van der Waals surface area contributed by atoms with Gasteiger partial charge in [-0.1, -0.05) is 24.0 Å². The maximum atomic E-state index is 11.9. The molecule has 0 atom stereocenters. The molecule has 2 aromatic rings. The molecule has 1 aromatic heterocycles. The highest BCUT2D eigenvalue weighted by molar-refractivity contribution is 9.11. The molecule has 0 unspecified atom stereocenters. The SMILES string of the molecule is O=C(NCc1cccc(C#CCO)c1)c1csc(Br)c1. The molecule has 2 rings (SSSR count). The van der Waals surface area contributed by atoms with Crippen molar-refractivity contribution in [2.24, 2.45) is 0 Å². The van der Waals surface area contributed by atoms with Crippen molar-refractivity contribution in [3.05, 3.63) is 56.2 Å². The third-order valence-electron chi connectivity index (χ3n) is 2.52. The fourth-order valence-corrected chi connectivity index (χ4v) is 2.75. The topological polar surface area (TPSA) is 49.3 Å². The Hall–Kier alpha value is -1.61. The molecule has 20 heavy (non-hydrogen) atoms. The van der Waals surface area contributed by atoms with E-state index in [4.69, 9.17) is 5.11 Å². The van der Waals surface area contributed by atoms with Crippen molar-refractivity contribution in [3.8, 4) is 11.8 Å². The van der Waals surface area contributed by atoms with Crippen molar-refractivity contribution >= 4 is 33.2 Å². The number of nitrogens with one attached hydrogen (secondary N) is 1. The molecule has 0 radical (unpaired) electrons. The lowest BCUT2D eigenvalue weighted by molar-refractivity contribution is 0.0951. The van der Waals surface area contributed by atoms with E-state index < -0.39 is 0 Å². The van der Waals surface area contributed by atoms with Gasteiger partial charge in [-0.25, -0.2) is 0 Å². The molecule has 1 heterocycles. The number of halogens is 1. The summed E-state index contributed by atoms with van der Waals surface area (Å²) in [5.41, 5.74) is 2.44. The van der Waals surface area contributed by atoms with Gasteiger partial charge in [-0.3, -0.25) is 4.79 Å². The van der Waals surface area contributed by atoms with E-state index in [9.17, 15) is 4.79 Å². The highest BCUT2D eigenvalue weighted by Crippen LogP contribution is 2.20. The number of carbonyl (C=O) groups excluding carboxylic acids is 1. The maximum Gasteiger partial charge on any atom is 0.252 e. The molecule has 0 aliphatic heterocycles. The van der Waals surface area contributed by atoms with Crippen LogP contribution in [0.1, 0.15) is 21.5 Å². The summed E-state index contributed by atoms with van der Waals surface area (Å²) in [6.07, 6.45) is 0. The van der Waals surface area contributed by atoms with Crippen LogP contribution in [0.3, 0.4) is 0 Å². The van der Waals surface area contributed by atoms with E-state index in [1.165, 1.54) is 11.3 Å². The Balaban J connectivity index is 1.98. The third kappa shape index (κ3) is 4.20. The second-order valence-corrected chi connectivity index (χ2v) is 6.27. The van der Waals surface area contributed by atoms with Crippen molar-refractivity contribution < 1.29 is 9.90 Å². The minimum absolute atomic E-state index is 0.0983. The van der Waals surface area contributed by atoms with Crippen LogP contribution < -0.4 is 5.32 Å². The molecule has 1 aromatic carbocycles. The van der Waals surface area contributed by atoms with Crippen molar-refractivity contribution in [2.45, 2.75) is 6.54 Å². The Morgan fingerprint density at radius 1 is 1.40 bits per heavy atom. The Morgan fingerprint density at radius 2 is 2.25 bits per heavy atom. The molecule has 0 saturated heterocycles. The lowest BCUT2D eigenvalue weighted by Gasteiger charge is -2.04. The monoisotopic (exact) mass is 349 g/mol. The van der Waals surface area contributed by atoms with Crippen LogP contribution in [-0.4, -0.2) is 17.6 Å². The van der Waals surface area contributed by atoms with Gasteiger partial charge in [0.15, 0.2) is 0 Å². The molecular weight excluding hydrogens is 338 g/mol. The number of hydrogen-bond acceptors (Lipinski definition) is 3. The van der Waals surface area contributed by atoms with Gasteiger partial charge in [0, 0.05) is 17.5 Å². The average molecular weight is 350 g/mol. The lowest BCUT2D eigenvalue weighted by Crippen LogP contribution is -2.22. The van der Waals surface area contributed by atoms with Gasteiger partial charge in [-0.05, 0) is 39.7 Å². The number of aliphatic hydroxyl groups is 1. The molecule has 3 nitrogen and oxygen atoms in total. The quantitative estimate of drug-likeness (QED) is 0.837. The number of benzene rings is 1. The fraction of sp³-hybridized carbons (Fsp3) is 0.133. The molecule has 1 amide bonds. The summed E-state index contributed by atoms with van der Waals surface area (Å²) in [5, 5.41) is 13.3. The van der Waals surface area contributed by atoms with E-state index in [1.54, 1.807) is 6.07 Å². The van der Waals surface area contributed by atoms with Gasteiger partial charge < -0.3 is 10.4 Å². The van der Waals surface area contributed by atoms with Crippen LogP contribution in [0.2, 0.25) is 0 Å². The second kappa shape index (κ2) is 7.25. The molecule has 0 saturated carbocycles. The van der Waals surface area contributed by atoms with Gasteiger partial charge in [0.25, 0.3) is 5.91 Å². The molecular formula is C15H12BrNO2S. The van der Waals surface area contributed by atoms with Crippen LogP contribution in [0.4, 0.5) is 0 Å². The standard InChI is InChI=1S/C15H12BrNO2S/c16-14-8-13(10-20-14)15(19)17-9-12-4-1-3-11(7-12)5-2-6-18/h1,3-4,7-8,10,18H,6,9H2,(H,17,19). The number of hydrogen-bond donors (Lipinski definition) is 2. The highest BCUT2D eigenvalue weighted by Gasteiger charge is 2.07. The van der Waals surface area contributed by atoms with E-state index in [-0.39, 0.29) is 12.5 Å². The zero-order valence-electron chi connectivity index (χ0n) is 10.5. The van der Waals surface area contributed by atoms with Crippen molar-refractivity contribution in [3.63, 3.8) is 0 Å². The predicted molar refractivity (Wildman–Crippen MR) is 83.6 cm³/mol. The van der Waals surface area contributed by atoms with Crippen LogP contribution in [0.25, 0.3) is 0 Å². The van der Waals surface area contributed by atoms with Gasteiger partial charge in [-0.2, -0.15) is 0 Å². The van der Waals surface area contributed by atoms with Gasteiger partial charge in [0.05, 0.1) is 9.35 Å². The minimum Gasteiger partial charge on any atom is -0.384 e. The summed E-state index contributed by atoms with van der Waals surface area (Å²) in [6.45, 7) is 0.287. The Kier molecular flexibility index (Phi) is 5.36. The first-order valence-electron chi connectivity index (χ1n) is 5.90. The summed E-state index contributed by atoms with van der Waals surface area (Å²) < 4.78 is 0.934. The summed E-state index contributed by atoms with van der Waals surface area (Å²) in [7, 11) is 0. The van der Waals surface area contributed by atoms with E-state index in [1.807, 2.05) is 29.6 Å². The fourth-order valence-electron chi connectivity index (χ4n) is 1.61. The molecule has 102 valence electrons. The lowest BCUT2D eigenvalue weighted by atomic mass is 10.1. The normalized spacial score (nSPS) is 9.70. The Labute approximate surface area is 129 Å². The zero-order valence-corrected chi connectivity index (χ0v) is 12.9. The molecule has 0 aliphatic carbocycles. The van der Waals surface area contributed by atoms with Crippen LogP contribution in [0.15, 0.2) is 39.5 Å². The summed E-state index contributed by atoms with van der Waals surface area (Å²) >= 11 is 4.81. The number of thiophene rings is 1. The first-order chi connectivity index (χ1) is 9.69. The van der Waals surface area contributed by atoms with Gasteiger partial charge >= 0.3 is 0 Å². The smallest absolute Gasteiger partial charge is 0.252 e. The van der Waals surface area contributed by atoms with Crippen LogP contribution in [-0.2, 0) is 6.54 Å². The first-order valence-corrected chi connectivity index (χ1v) is 7.57. The highest BCUT2D eigenvalue weighted by atomic mass is 79.9. The first kappa shape index (κ1) is 14.8. The van der Waals surface area contributed by atoms with Crippen LogP contribution in [0, 0.1) is 11.8 Å². The summed E-state index contributed by atoms with van der Waals surface area (Å²) in [5.74, 6) is 5.34. The van der Waals surface area contributed by atoms with Crippen molar-refractivity contribution in [1.29, 1.82) is 0 Å². The van der Waals surface area contributed by atoms with E-state index in [0.29, 0.717) is 12.1 Å². The van der Waals surface area contributed by atoms with Gasteiger partial charge in [0.2, 0.25) is 0 Å². The van der Waals surface area contributed by atoms with Crippen LogP contribution in [0.5, 0.6) is 0 Å². The maximum absolute atomic E-state index is 11.9. The second-order valence-electron chi connectivity index (χ2n) is 3.98. The van der Waals surface area contributed by atoms with Crippen molar-refractivity contribution in [2.75, 3.05) is 6.61 Å². The number of carbonyl (C=O) groups is 1. The Morgan fingerprint density at radius 3 is 2.95 bits per heavy atom. The third-order valence-corrected chi connectivity index (χ3v) is 4.03. The van der Waals surface area contributed by atoms with E-state index in [2.05, 4.69) is 33.1 Å². The number of amides is 1. The van der Waals surface area contributed by atoms with Gasteiger partial charge in [-0.15, -0.1) is 11.3 Å². The zero-order chi connectivity index (χ0) is 14.4. The van der Waals surface area contributed by atoms with Gasteiger partial charge in [0.1, 0.15) is 6.61 Å². The molecule has 0 bridgehead atoms. The molecule has 0 fully saturated rings. The van der Waals surface area contributed by atoms with E-state index >= 15 is 0 Å². The molecule has 0 aliphatic rings. The predicted octanol–water partition coefficient (Wildman–Crippen LogP) is 2.78. The minimum atomic E-state index is -0.159. The number of rotatable bonds is 3. The molecule has 0 spiro atoms. The molecule has 2 N–H and O–H groups in total. The summed E-state index contributed by atoms with van der Waals surface area (Å²) in [4.78, 5) is 11.9.